The van der Waals surface area contributed by atoms with Gasteiger partial charge in [-0.25, -0.2) is 0 Å². The van der Waals surface area contributed by atoms with E-state index in [4.69, 9.17) is 0 Å². The van der Waals surface area contributed by atoms with Crippen LogP contribution >= 0.6 is 11.3 Å². The lowest BCUT2D eigenvalue weighted by molar-refractivity contribution is 0.796. The highest BCUT2D eigenvalue weighted by atomic mass is 32.1. The minimum absolute atomic E-state index is 0.203. The fourth-order valence-electron chi connectivity index (χ4n) is 6.25. The van der Waals surface area contributed by atoms with Crippen molar-refractivity contribution in [3.05, 3.63) is 151 Å². The molecule has 1 aromatic heterocycles. The largest absolute Gasteiger partial charge is 0.334 e. The van der Waals surface area contributed by atoms with Crippen LogP contribution in [-0.2, 0) is 0 Å². The molecule has 0 saturated heterocycles. The maximum atomic E-state index is 2.53. The van der Waals surface area contributed by atoms with Gasteiger partial charge in [-0.2, -0.15) is 0 Å². The number of thiophene rings is 1. The lowest BCUT2D eigenvalue weighted by atomic mass is 9.92. The summed E-state index contributed by atoms with van der Waals surface area (Å²) in [6.07, 6.45) is 7.80. The van der Waals surface area contributed by atoms with Gasteiger partial charge in [0, 0.05) is 31.5 Å². The predicted molar refractivity (Wildman–Crippen MR) is 175 cm³/mol. The third-order valence-electron chi connectivity index (χ3n) is 8.17. The predicted octanol–water partition coefficient (Wildman–Crippen LogP) is 10.9. The highest BCUT2D eigenvalue weighted by molar-refractivity contribution is 7.26. The molecule has 0 saturated carbocycles. The van der Waals surface area contributed by atoms with E-state index < -0.39 is 0 Å². The van der Waals surface area contributed by atoms with Gasteiger partial charge >= 0.3 is 0 Å². The monoisotopic (exact) mass is 529 g/mol. The summed E-state index contributed by atoms with van der Waals surface area (Å²) in [6.45, 7) is 0. The lowest BCUT2D eigenvalue weighted by Crippen LogP contribution is -2.30. The minimum atomic E-state index is 0.203. The molecule has 0 aliphatic heterocycles. The van der Waals surface area contributed by atoms with Crippen molar-refractivity contribution in [1.82, 2.24) is 0 Å². The van der Waals surface area contributed by atoms with Crippen molar-refractivity contribution in [3.63, 3.8) is 0 Å². The van der Waals surface area contributed by atoms with Gasteiger partial charge in [-0.3, -0.25) is 0 Å². The molecule has 0 bridgehead atoms. The number of fused-ring (bicyclic) bond motifs is 6. The van der Waals surface area contributed by atoms with Crippen molar-refractivity contribution >= 4 is 70.0 Å². The third kappa shape index (κ3) is 3.92. The van der Waals surface area contributed by atoms with Gasteiger partial charge in [0.15, 0.2) is 0 Å². The first-order chi connectivity index (χ1) is 19.8. The molecule has 0 N–H and O–H groups in total. The van der Waals surface area contributed by atoms with Gasteiger partial charge in [-0.1, -0.05) is 115 Å². The van der Waals surface area contributed by atoms with Crippen LogP contribution in [0.5, 0.6) is 0 Å². The van der Waals surface area contributed by atoms with Crippen LogP contribution in [0.4, 0.5) is 11.4 Å². The van der Waals surface area contributed by atoms with E-state index in [0.717, 1.165) is 6.42 Å². The van der Waals surface area contributed by atoms with E-state index in [1.807, 2.05) is 11.3 Å². The van der Waals surface area contributed by atoms with E-state index in [1.54, 1.807) is 0 Å². The topological polar surface area (TPSA) is 3.24 Å². The normalized spacial score (nSPS) is 15.2. The van der Waals surface area contributed by atoms with Crippen LogP contribution in [0.2, 0.25) is 0 Å². The minimum Gasteiger partial charge on any atom is -0.334 e. The molecular weight excluding hydrogens is 502 g/mol. The Bertz CT molecular complexity index is 2100. The molecule has 1 nitrogen and oxygen atoms in total. The maximum absolute atomic E-state index is 2.53. The summed E-state index contributed by atoms with van der Waals surface area (Å²) >= 11 is 1.89. The van der Waals surface area contributed by atoms with E-state index in [9.17, 15) is 0 Å². The van der Waals surface area contributed by atoms with Crippen molar-refractivity contribution in [2.75, 3.05) is 4.90 Å². The molecule has 6 aromatic carbocycles. The Kier molecular flexibility index (Phi) is 5.53. The van der Waals surface area contributed by atoms with Gasteiger partial charge in [0.25, 0.3) is 0 Å². The number of rotatable bonds is 4. The first-order valence-electron chi connectivity index (χ1n) is 13.9. The average Bonchev–Trinajstić information content (AvgIpc) is 3.40. The van der Waals surface area contributed by atoms with Crippen molar-refractivity contribution < 1.29 is 0 Å². The molecule has 8 rings (SSSR count). The molecule has 190 valence electrons. The van der Waals surface area contributed by atoms with E-state index in [-0.39, 0.29) is 6.04 Å². The van der Waals surface area contributed by atoms with Crippen molar-refractivity contribution in [2.45, 2.75) is 12.5 Å². The molecule has 1 heterocycles. The lowest BCUT2D eigenvalue weighted by Gasteiger charge is -2.34. The van der Waals surface area contributed by atoms with E-state index in [0.29, 0.717) is 0 Å². The second kappa shape index (κ2) is 9.51. The number of allylic oxidation sites excluding steroid dienone is 2. The molecule has 1 aliphatic carbocycles. The highest BCUT2D eigenvalue weighted by Crippen LogP contribution is 2.42. The Morgan fingerprint density at radius 2 is 1.30 bits per heavy atom. The van der Waals surface area contributed by atoms with E-state index in [2.05, 4.69) is 151 Å². The maximum Gasteiger partial charge on any atom is 0.0565 e. The first-order valence-corrected chi connectivity index (χ1v) is 14.7. The van der Waals surface area contributed by atoms with Crippen LogP contribution in [-0.4, -0.2) is 6.04 Å². The Morgan fingerprint density at radius 1 is 0.575 bits per heavy atom. The Balaban J connectivity index is 1.29. The van der Waals surface area contributed by atoms with Gasteiger partial charge in [-0.15, -0.1) is 11.3 Å². The van der Waals surface area contributed by atoms with Crippen LogP contribution in [0.25, 0.3) is 47.3 Å². The molecule has 0 radical (unpaired) electrons. The molecule has 0 spiro atoms. The molecular formula is C38H27NS. The summed E-state index contributed by atoms with van der Waals surface area (Å²) in [5.74, 6) is 0. The summed E-state index contributed by atoms with van der Waals surface area (Å²) in [4.78, 5) is 2.53. The Labute approximate surface area is 237 Å². The van der Waals surface area contributed by atoms with Crippen LogP contribution in [0, 0.1) is 0 Å². The summed E-state index contributed by atoms with van der Waals surface area (Å²) in [6, 6.07) is 46.8. The average molecular weight is 530 g/mol. The van der Waals surface area contributed by atoms with E-state index >= 15 is 0 Å². The molecule has 0 fully saturated rings. The number of benzene rings is 6. The summed E-state index contributed by atoms with van der Waals surface area (Å²) < 4.78 is 2.67. The molecule has 7 aromatic rings. The number of hydrogen-bond donors (Lipinski definition) is 0. The van der Waals surface area contributed by atoms with Crippen LogP contribution < -0.4 is 4.90 Å². The quantitative estimate of drug-likeness (QED) is 0.219. The van der Waals surface area contributed by atoms with Gasteiger partial charge in [-0.05, 0) is 69.4 Å². The van der Waals surface area contributed by atoms with Crippen LogP contribution in [0.3, 0.4) is 0 Å². The number of hydrogen-bond acceptors (Lipinski definition) is 2. The zero-order chi connectivity index (χ0) is 26.5. The van der Waals surface area contributed by atoms with Crippen molar-refractivity contribution in [2.24, 2.45) is 0 Å². The molecule has 1 aliphatic rings. The van der Waals surface area contributed by atoms with Crippen LogP contribution in [0.1, 0.15) is 12.0 Å². The second-order valence-electron chi connectivity index (χ2n) is 10.6. The van der Waals surface area contributed by atoms with Gasteiger partial charge < -0.3 is 4.90 Å². The zero-order valence-corrected chi connectivity index (χ0v) is 22.8. The number of anilines is 2. The smallest absolute Gasteiger partial charge is 0.0565 e. The summed E-state index contributed by atoms with van der Waals surface area (Å²) in [5.41, 5.74) is 5.10. The highest BCUT2D eigenvalue weighted by Gasteiger charge is 2.23. The standard InChI is InChI=1S/C38H27NS/c1-2-9-26(10-3-1)30-14-8-15-31(23-30)39(32-19-17-27-11-4-5-13-29(27)24-32)33-20-21-35-37(25-33)40-36-22-18-28-12-6-7-16-34(28)38(35)36/h1-22,24-25,31H,23H2. The van der Waals surface area contributed by atoms with Crippen molar-refractivity contribution in [1.29, 1.82) is 0 Å². The second-order valence-corrected chi connectivity index (χ2v) is 11.6. The van der Waals surface area contributed by atoms with Gasteiger partial charge in [0.2, 0.25) is 0 Å². The zero-order valence-electron chi connectivity index (χ0n) is 22.0. The summed E-state index contributed by atoms with van der Waals surface area (Å²) in [7, 11) is 0. The molecule has 0 amide bonds. The summed E-state index contributed by atoms with van der Waals surface area (Å²) in [5, 5.41) is 7.86. The SMILES string of the molecule is C1=CC(N(c2ccc3ccccc3c2)c2ccc3c(c2)sc2ccc4ccccc4c23)CC(c2ccccc2)=C1. The molecule has 40 heavy (non-hydrogen) atoms. The Hall–Kier alpha value is -4.66. The van der Waals surface area contributed by atoms with Crippen molar-refractivity contribution in [3.8, 4) is 0 Å². The van der Waals surface area contributed by atoms with Gasteiger partial charge in [0.05, 0.1) is 6.04 Å². The van der Waals surface area contributed by atoms with Crippen LogP contribution in [0.15, 0.2) is 146 Å². The first kappa shape index (κ1) is 23.2. The molecule has 1 unspecified atom stereocenters. The van der Waals surface area contributed by atoms with E-state index in [1.165, 1.54) is 64.2 Å². The third-order valence-corrected chi connectivity index (χ3v) is 9.29. The fraction of sp³-hybridized carbons (Fsp3) is 0.0526. The Morgan fingerprint density at radius 3 is 2.20 bits per heavy atom. The molecule has 1 atom stereocenters. The number of nitrogens with zero attached hydrogens (tertiary/aromatic N) is 1. The molecule has 2 heteroatoms. The fourth-order valence-corrected chi connectivity index (χ4v) is 7.40. The van der Waals surface area contributed by atoms with Gasteiger partial charge in [0.1, 0.15) is 0 Å².